The van der Waals surface area contributed by atoms with Crippen LogP contribution in [0, 0.1) is 0 Å². The molecule has 1 aliphatic rings. The first-order chi connectivity index (χ1) is 10.5. The molecule has 1 aromatic carbocycles. The lowest BCUT2D eigenvalue weighted by molar-refractivity contribution is -0.120. The summed E-state index contributed by atoms with van der Waals surface area (Å²) in [6, 6.07) is 10.0. The maximum absolute atomic E-state index is 12.6. The maximum atomic E-state index is 12.6. The van der Waals surface area contributed by atoms with Crippen LogP contribution < -0.4 is 11.1 Å². The Hall–Kier alpha value is -1.43. The fraction of sp³-hybridized carbons (Fsp3) is 0.412. The van der Waals surface area contributed by atoms with Gasteiger partial charge >= 0.3 is 0 Å². The topological polar surface area (TPSA) is 68.0 Å². The van der Waals surface area contributed by atoms with Crippen LogP contribution in [0.25, 0.3) is 0 Å². The van der Waals surface area contributed by atoms with Gasteiger partial charge in [0.2, 0.25) is 5.91 Å². The van der Waals surface area contributed by atoms with Crippen molar-refractivity contribution in [3.05, 3.63) is 46.5 Å². The molecule has 124 valence electrons. The minimum absolute atomic E-state index is 0. The average Bonchev–Trinajstić information content (AvgIpc) is 2.89. The molecule has 0 unspecified atom stereocenters. The van der Waals surface area contributed by atoms with Crippen LogP contribution >= 0.6 is 23.7 Å². The second-order valence-corrected chi connectivity index (χ2v) is 7.42. The molecule has 2 aromatic rings. The zero-order chi connectivity index (χ0) is 15.7. The number of aromatic nitrogens is 1. The third kappa shape index (κ3) is 3.74. The Kier molecular flexibility index (Phi) is 5.45. The largest absolute Gasteiger partial charge is 0.327 e. The molecule has 1 aliphatic carbocycles. The first kappa shape index (κ1) is 17.9. The smallest absolute Gasteiger partial charge is 0.236 e. The number of benzene rings is 1. The van der Waals surface area contributed by atoms with Crippen molar-refractivity contribution in [2.45, 2.75) is 44.6 Å². The lowest BCUT2D eigenvalue weighted by atomic mass is 9.84. The Morgan fingerprint density at radius 3 is 2.74 bits per heavy atom. The lowest BCUT2D eigenvalue weighted by Crippen LogP contribution is -2.34. The number of rotatable bonds is 3. The number of halogens is 1. The fourth-order valence-corrected chi connectivity index (χ4v) is 3.79. The molecule has 0 saturated carbocycles. The summed E-state index contributed by atoms with van der Waals surface area (Å²) < 4.78 is 0. The van der Waals surface area contributed by atoms with E-state index in [0.717, 1.165) is 30.5 Å². The number of amides is 1. The van der Waals surface area contributed by atoms with Gasteiger partial charge in [0.15, 0.2) is 5.13 Å². The van der Waals surface area contributed by atoms with E-state index in [2.05, 4.69) is 10.3 Å². The first-order valence-electron chi connectivity index (χ1n) is 7.58. The minimum atomic E-state index is -0.593. The van der Waals surface area contributed by atoms with E-state index in [-0.39, 0.29) is 24.4 Å². The van der Waals surface area contributed by atoms with Crippen LogP contribution in [0.5, 0.6) is 0 Å². The van der Waals surface area contributed by atoms with Crippen molar-refractivity contribution in [2.75, 3.05) is 5.32 Å². The summed E-state index contributed by atoms with van der Waals surface area (Å²) in [7, 11) is 0. The van der Waals surface area contributed by atoms with Crippen molar-refractivity contribution in [3.63, 3.8) is 0 Å². The Morgan fingerprint density at radius 1 is 1.35 bits per heavy atom. The van der Waals surface area contributed by atoms with E-state index >= 15 is 0 Å². The molecule has 0 fully saturated rings. The second-order valence-electron chi connectivity index (χ2n) is 6.34. The average molecular weight is 352 g/mol. The SMILES string of the molecule is CC(C)(C(=O)Nc1nc2c(s1)C[C@@H](N)CC2)c1ccccc1.Cl. The van der Waals surface area contributed by atoms with E-state index in [1.54, 1.807) is 11.3 Å². The number of nitrogens with one attached hydrogen (secondary N) is 1. The highest BCUT2D eigenvalue weighted by Gasteiger charge is 2.31. The van der Waals surface area contributed by atoms with Gasteiger partial charge in [-0.15, -0.1) is 23.7 Å². The van der Waals surface area contributed by atoms with E-state index in [1.807, 2.05) is 44.2 Å². The number of carbonyl (C=O) groups excluding carboxylic acids is 1. The molecule has 23 heavy (non-hydrogen) atoms. The van der Waals surface area contributed by atoms with Gasteiger partial charge in [-0.05, 0) is 38.7 Å². The molecule has 3 rings (SSSR count). The Balaban J connectivity index is 0.00000192. The molecule has 1 amide bonds. The summed E-state index contributed by atoms with van der Waals surface area (Å²) in [4.78, 5) is 18.4. The molecule has 4 nitrogen and oxygen atoms in total. The van der Waals surface area contributed by atoms with Crippen molar-refractivity contribution in [3.8, 4) is 0 Å². The van der Waals surface area contributed by atoms with Gasteiger partial charge in [0.1, 0.15) is 0 Å². The van der Waals surface area contributed by atoms with Crippen molar-refractivity contribution >= 4 is 34.8 Å². The van der Waals surface area contributed by atoms with Crippen LogP contribution in [0.1, 0.15) is 36.4 Å². The maximum Gasteiger partial charge on any atom is 0.236 e. The van der Waals surface area contributed by atoms with Gasteiger partial charge in [-0.3, -0.25) is 4.79 Å². The van der Waals surface area contributed by atoms with Crippen molar-refractivity contribution in [2.24, 2.45) is 5.73 Å². The molecule has 0 aliphatic heterocycles. The van der Waals surface area contributed by atoms with Crippen LogP contribution in [0.4, 0.5) is 5.13 Å². The molecule has 3 N–H and O–H groups in total. The number of carbonyl (C=O) groups is 1. The van der Waals surface area contributed by atoms with Crippen LogP contribution in [0.2, 0.25) is 0 Å². The molecular formula is C17H22ClN3OS. The summed E-state index contributed by atoms with van der Waals surface area (Å²) in [5.74, 6) is -0.0332. The third-order valence-electron chi connectivity index (χ3n) is 4.26. The number of nitrogens with zero attached hydrogens (tertiary/aromatic N) is 1. The first-order valence-corrected chi connectivity index (χ1v) is 8.39. The van der Waals surface area contributed by atoms with E-state index < -0.39 is 5.41 Å². The van der Waals surface area contributed by atoms with E-state index in [4.69, 9.17) is 5.73 Å². The molecule has 0 radical (unpaired) electrons. The van der Waals surface area contributed by atoms with E-state index in [9.17, 15) is 4.79 Å². The van der Waals surface area contributed by atoms with Gasteiger partial charge in [0, 0.05) is 10.9 Å². The number of hydrogen-bond acceptors (Lipinski definition) is 4. The third-order valence-corrected chi connectivity index (χ3v) is 5.30. The standard InChI is InChI=1S/C17H21N3OS.ClH/c1-17(2,11-6-4-3-5-7-11)15(21)20-16-19-13-9-8-12(18)10-14(13)22-16;/h3-7,12H,8-10,18H2,1-2H3,(H,19,20,21);1H/t12-;/m0./s1. The highest BCUT2D eigenvalue weighted by atomic mass is 35.5. The van der Waals surface area contributed by atoms with Crippen molar-refractivity contribution in [1.29, 1.82) is 0 Å². The Morgan fingerprint density at radius 2 is 2.04 bits per heavy atom. The normalized spacial score (nSPS) is 17.1. The second kappa shape index (κ2) is 6.99. The van der Waals surface area contributed by atoms with Crippen LogP contribution in [-0.2, 0) is 23.1 Å². The monoisotopic (exact) mass is 351 g/mol. The predicted octanol–water partition coefficient (Wildman–Crippen LogP) is 3.30. The molecule has 1 atom stereocenters. The van der Waals surface area contributed by atoms with E-state index in [0.29, 0.717) is 5.13 Å². The zero-order valence-electron chi connectivity index (χ0n) is 13.3. The van der Waals surface area contributed by atoms with Crippen LogP contribution in [0.15, 0.2) is 30.3 Å². The molecule has 1 aromatic heterocycles. The van der Waals surface area contributed by atoms with Crippen molar-refractivity contribution in [1.82, 2.24) is 4.98 Å². The Bertz CT molecular complexity index is 684. The lowest BCUT2D eigenvalue weighted by Gasteiger charge is -2.23. The molecule has 6 heteroatoms. The number of nitrogens with two attached hydrogens (primary N) is 1. The number of hydrogen-bond donors (Lipinski definition) is 2. The van der Waals surface area contributed by atoms with Gasteiger partial charge in [-0.25, -0.2) is 4.98 Å². The summed E-state index contributed by atoms with van der Waals surface area (Å²) >= 11 is 1.56. The quantitative estimate of drug-likeness (QED) is 0.891. The zero-order valence-corrected chi connectivity index (χ0v) is 15.0. The van der Waals surface area contributed by atoms with Crippen molar-refractivity contribution < 1.29 is 4.79 Å². The van der Waals surface area contributed by atoms with Gasteiger partial charge < -0.3 is 11.1 Å². The van der Waals surface area contributed by atoms with Gasteiger partial charge in [0.05, 0.1) is 11.1 Å². The van der Waals surface area contributed by atoms with Gasteiger partial charge in [0.25, 0.3) is 0 Å². The summed E-state index contributed by atoms with van der Waals surface area (Å²) in [5.41, 5.74) is 7.50. The molecular weight excluding hydrogens is 330 g/mol. The fourth-order valence-electron chi connectivity index (χ4n) is 2.69. The highest BCUT2D eigenvalue weighted by molar-refractivity contribution is 7.15. The molecule has 1 heterocycles. The highest BCUT2D eigenvalue weighted by Crippen LogP contribution is 2.31. The number of fused-ring (bicyclic) bond motifs is 1. The predicted molar refractivity (Wildman–Crippen MR) is 97.5 cm³/mol. The molecule has 0 spiro atoms. The van der Waals surface area contributed by atoms with E-state index in [1.165, 1.54) is 4.88 Å². The summed E-state index contributed by atoms with van der Waals surface area (Å²) in [6.07, 6.45) is 2.75. The van der Waals surface area contributed by atoms with Crippen LogP contribution in [0.3, 0.4) is 0 Å². The molecule has 0 bridgehead atoms. The number of aryl methyl sites for hydroxylation is 1. The van der Waals surface area contributed by atoms with Gasteiger partial charge in [-0.1, -0.05) is 30.3 Å². The summed E-state index contributed by atoms with van der Waals surface area (Å²) in [5, 5.41) is 3.67. The van der Waals surface area contributed by atoms with Crippen LogP contribution in [-0.4, -0.2) is 16.9 Å². The number of anilines is 1. The summed E-state index contributed by atoms with van der Waals surface area (Å²) in [6.45, 7) is 3.86. The van der Waals surface area contributed by atoms with Gasteiger partial charge in [-0.2, -0.15) is 0 Å². The molecule has 0 saturated heterocycles. The minimum Gasteiger partial charge on any atom is -0.327 e. The number of thiazole rings is 1. The Labute approximate surface area is 146 Å².